The van der Waals surface area contributed by atoms with Gasteiger partial charge in [0.25, 0.3) is 11.8 Å². The first-order chi connectivity index (χ1) is 13.9. The quantitative estimate of drug-likeness (QED) is 0.615. The third kappa shape index (κ3) is 7.27. The molecule has 0 saturated carbocycles. The van der Waals surface area contributed by atoms with E-state index in [1.807, 2.05) is 44.4 Å². The molecule has 1 atom stereocenters. The van der Waals surface area contributed by atoms with Crippen molar-refractivity contribution in [1.29, 1.82) is 0 Å². The predicted molar refractivity (Wildman–Crippen MR) is 116 cm³/mol. The van der Waals surface area contributed by atoms with Crippen molar-refractivity contribution in [3.05, 3.63) is 65.2 Å². The van der Waals surface area contributed by atoms with E-state index >= 15 is 0 Å². The summed E-state index contributed by atoms with van der Waals surface area (Å²) in [6.45, 7) is 3.35. The van der Waals surface area contributed by atoms with Crippen LogP contribution in [0.3, 0.4) is 0 Å². The lowest BCUT2D eigenvalue weighted by molar-refractivity contribution is -0.149. The molecular weight excluding hydrogens is 388 g/mol. The Balaban J connectivity index is 1.94. The highest BCUT2D eigenvalue weighted by atomic mass is 32.2. The second kappa shape index (κ2) is 11.3. The van der Waals surface area contributed by atoms with Gasteiger partial charge in [-0.25, -0.2) is 4.79 Å². The molecule has 6 nitrogen and oxygen atoms in total. The number of carbonyl (C=O) groups excluding carboxylic acids is 3. The van der Waals surface area contributed by atoms with E-state index in [2.05, 4.69) is 10.6 Å². The van der Waals surface area contributed by atoms with Gasteiger partial charge < -0.3 is 15.4 Å². The maximum absolute atomic E-state index is 12.5. The minimum absolute atomic E-state index is 0.346. The number of nitrogens with one attached hydrogen (secondary N) is 2. The summed E-state index contributed by atoms with van der Waals surface area (Å²) in [4.78, 5) is 37.1. The summed E-state index contributed by atoms with van der Waals surface area (Å²) in [6.07, 6.45) is 2.33. The van der Waals surface area contributed by atoms with Gasteiger partial charge >= 0.3 is 5.97 Å². The van der Waals surface area contributed by atoms with Crippen molar-refractivity contribution in [2.75, 3.05) is 23.9 Å². The normalized spacial score (nSPS) is 11.4. The molecule has 0 aliphatic heterocycles. The highest BCUT2D eigenvalue weighted by molar-refractivity contribution is 7.98. The van der Waals surface area contributed by atoms with Crippen LogP contribution in [-0.4, -0.2) is 42.4 Å². The van der Waals surface area contributed by atoms with Crippen LogP contribution in [0.25, 0.3) is 0 Å². The largest absolute Gasteiger partial charge is 0.454 e. The number of rotatable bonds is 9. The van der Waals surface area contributed by atoms with Crippen LogP contribution >= 0.6 is 11.8 Å². The Hall–Kier alpha value is -2.80. The number of carbonyl (C=O) groups is 3. The van der Waals surface area contributed by atoms with Gasteiger partial charge in [-0.2, -0.15) is 11.8 Å². The van der Waals surface area contributed by atoms with Crippen LogP contribution in [0, 0.1) is 13.8 Å². The number of esters is 1. The van der Waals surface area contributed by atoms with Crippen molar-refractivity contribution >= 4 is 35.2 Å². The molecule has 0 heterocycles. The van der Waals surface area contributed by atoms with Gasteiger partial charge in [-0.15, -0.1) is 0 Å². The second-order valence-electron chi connectivity index (χ2n) is 6.65. The number of aryl methyl sites for hydroxylation is 2. The summed E-state index contributed by atoms with van der Waals surface area (Å²) in [5.41, 5.74) is 3.01. The fourth-order valence-electron chi connectivity index (χ4n) is 2.65. The van der Waals surface area contributed by atoms with Gasteiger partial charge in [0.2, 0.25) is 0 Å². The minimum Gasteiger partial charge on any atom is -0.454 e. The van der Waals surface area contributed by atoms with Gasteiger partial charge in [-0.3, -0.25) is 9.59 Å². The monoisotopic (exact) mass is 414 g/mol. The Kier molecular flexibility index (Phi) is 8.73. The predicted octanol–water partition coefficient (Wildman–Crippen LogP) is 3.34. The number of amides is 2. The fraction of sp³-hybridized carbons (Fsp3) is 0.318. The highest BCUT2D eigenvalue weighted by Crippen LogP contribution is 2.13. The van der Waals surface area contributed by atoms with Crippen LogP contribution in [0.2, 0.25) is 0 Å². The number of hydrogen-bond acceptors (Lipinski definition) is 5. The molecule has 0 saturated heterocycles. The van der Waals surface area contributed by atoms with Gasteiger partial charge in [-0.05, 0) is 56.0 Å². The van der Waals surface area contributed by atoms with E-state index in [9.17, 15) is 14.4 Å². The van der Waals surface area contributed by atoms with Crippen LogP contribution in [0.4, 0.5) is 5.69 Å². The van der Waals surface area contributed by atoms with Crippen LogP contribution in [-0.2, 0) is 14.3 Å². The van der Waals surface area contributed by atoms with E-state index in [0.717, 1.165) is 11.1 Å². The van der Waals surface area contributed by atoms with Crippen molar-refractivity contribution in [1.82, 2.24) is 5.32 Å². The van der Waals surface area contributed by atoms with Crippen molar-refractivity contribution in [3.63, 3.8) is 0 Å². The van der Waals surface area contributed by atoms with E-state index in [0.29, 0.717) is 23.4 Å². The number of thioether (sulfide) groups is 1. The van der Waals surface area contributed by atoms with Crippen LogP contribution in [0.1, 0.15) is 27.9 Å². The Labute approximate surface area is 175 Å². The topological polar surface area (TPSA) is 84.5 Å². The molecule has 0 radical (unpaired) electrons. The summed E-state index contributed by atoms with van der Waals surface area (Å²) in [5.74, 6) is -0.731. The first kappa shape index (κ1) is 22.5. The average Bonchev–Trinajstić information content (AvgIpc) is 2.70. The van der Waals surface area contributed by atoms with Gasteiger partial charge in [0.1, 0.15) is 6.04 Å². The zero-order valence-electron chi connectivity index (χ0n) is 16.9. The maximum atomic E-state index is 12.5. The Bertz CT molecular complexity index is 869. The standard InChI is InChI=1S/C22H26N2O4S/c1-15-7-6-9-17(13-15)21(26)24-19(11-12-29-3)22(27)28-14-20(25)23-18-10-5-4-8-16(18)2/h4-10,13,19H,11-12,14H2,1-3H3,(H,23,25)(H,24,26)/t19-/m1/s1. The Morgan fingerprint density at radius 3 is 2.52 bits per heavy atom. The summed E-state index contributed by atoms with van der Waals surface area (Å²) in [6, 6.07) is 13.6. The molecule has 0 fully saturated rings. The molecule has 2 aromatic carbocycles. The first-order valence-corrected chi connectivity index (χ1v) is 10.7. The molecule has 2 amide bonds. The third-order valence-electron chi connectivity index (χ3n) is 4.25. The van der Waals surface area contributed by atoms with Crippen LogP contribution in [0.15, 0.2) is 48.5 Å². The lowest BCUT2D eigenvalue weighted by atomic mass is 10.1. The summed E-state index contributed by atoms with van der Waals surface area (Å²) >= 11 is 1.56. The molecular formula is C22H26N2O4S. The smallest absolute Gasteiger partial charge is 0.329 e. The van der Waals surface area contributed by atoms with E-state index in [4.69, 9.17) is 4.74 Å². The molecule has 0 bridgehead atoms. The summed E-state index contributed by atoms with van der Waals surface area (Å²) in [5, 5.41) is 5.43. The number of benzene rings is 2. The minimum atomic E-state index is -0.818. The molecule has 0 aliphatic carbocycles. The molecule has 2 rings (SSSR count). The summed E-state index contributed by atoms with van der Waals surface area (Å²) < 4.78 is 5.16. The number of anilines is 1. The Morgan fingerprint density at radius 2 is 1.83 bits per heavy atom. The van der Waals surface area contributed by atoms with E-state index in [-0.39, 0.29) is 5.91 Å². The first-order valence-electron chi connectivity index (χ1n) is 9.29. The van der Waals surface area contributed by atoms with E-state index in [1.54, 1.807) is 36.0 Å². The molecule has 0 spiro atoms. The lowest BCUT2D eigenvalue weighted by Gasteiger charge is -2.17. The molecule has 154 valence electrons. The molecule has 29 heavy (non-hydrogen) atoms. The number of para-hydroxylation sites is 1. The average molecular weight is 415 g/mol. The van der Waals surface area contributed by atoms with Crippen molar-refractivity contribution in [2.24, 2.45) is 0 Å². The number of hydrogen-bond donors (Lipinski definition) is 2. The van der Waals surface area contributed by atoms with Gasteiger partial charge in [-0.1, -0.05) is 35.9 Å². The molecule has 2 aromatic rings. The Morgan fingerprint density at radius 1 is 1.07 bits per heavy atom. The summed E-state index contributed by atoms with van der Waals surface area (Å²) in [7, 11) is 0. The maximum Gasteiger partial charge on any atom is 0.329 e. The van der Waals surface area contributed by atoms with Gasteiger partial charge in [0.05, 0.1) is 0 Å². The molecule has 0 aromatic heterocycles. The molecule has 0 aliphatic rings. The van der Waals surface area contributed by atoms with Gasteiger partial charge in [0, 0.05) is 11.3 Å². The fourth-order valence-corrected chi connectivity index (χ4v) is 3.12. The van der Waals surface area contributed by atoms with Crippen molar-refractivity contribution in [2.45, 2.75) is 26.3 Å². The zero-order valence-corrected chi connectivity index (χ0v) is 17.7. The van der Waals surface area contributed by atoms with E-state index in [1.165, 1.54) is 0 Å². The van der Waals surface area contributed by atoms with Crippen LogP contribution in [0.5, 0.6) is 0 Å². The SMILES string of the molecule is CSCC[C@@H](NC(=O)c1cccc(C)c1)C(=O)OCC(=O)Nc1ccccc1C. The van der Waals surface area contributed by atoms with Crippen LogP contribution < -0.4 is 10.6 Å². The molecule has 7 heteroatoms. The molecule has 0 unspecified atom stereocenters. The highest BCUT2D eigenvalue weighted by Gasteiger charge is 2.23. The zero-order chi connectivity index (χ0) is 21.2. The van der Waals surface area contributed by atoms with Gasteiger partial charge in [0.15, 0.2) is 6.61 Å². The lowest BCUT2D eigenvalue weighted by Crippen LogP contribution is -2.43. The third-order valence-corrected chi connectivity index (χ3v) is 4.89. The number of ether oxygens (including phenoxy) is 1. The van der Waals surface area contributed by atoms with E-state index < -0.39 is 24.5 Å². The molecule has 2 N–H and O–H groups in total. The van der Waals surface area contributed by atoms with Crippen molar-refractivity contribution in [3.8, 4) is 0 Å². The second-order valence-corrected chi connectivity index (χ2v) is 7.63. The van der Waals surface area contributed by atoms with Crippen molar-refractivity contribution < 1.29 is 19.1 Å².